The van der Waals surface area contributed by atoms with Crippen molar-refractivity contribution in [2.75, 3.05) is 56.6 Å². The lowest BCUT2D eigenvalue weighted by Crippen LogP contribution is -2.41. The Kier molecular flexibility index (Phi) is 8.75. The highest BCUT2D eigenvalue weighted by Gasteiger charge is 2.26. The van der Waals surface area contributed by atoms with Crippen LogP contribution in [0.3, 0.4) is 0 Å². The second kappa shape index (κ2) is 11.4. The van der Waals surface area contributed by atoms with Crippen molar-refractivity contribution in [1.29, 1.82) is 0 Å². The van der Waals surface area contributed by atoms with Crippen molar-refractivity contribution >= 4 is 31.6 Å². The molecule has 192 valence electrons. The molecule has 1 N–H and O–H groups in total. The van der Waals surface area contributed by atoms with E-state index in [9.17, 15) is 21.6 Å². The predicted molar refractivity (Wildman–Crippen MR) is 133 cm³/mol. The molecule has 1 aliphatic heterocycles. The zero-order chi connectivity index (χ0) is 25.6. The second-order valence-corrected chi connectivity index (χ2v) is 12.0. The summed E-state index contributed by atoms with van der Waals surface area (Å²) in [6.07, 6.45) is 1.06. The molecule has 0 spiro atoms. The van der Waals surface area contributed by atoms with Crippen molar-refractivity contribution in [2.45, 2.75) is 18.7 Å². The number of rotatable bonds is 10. The van der Waals surface area contributed by atoms with E-state index < -0.39 is 26.0 Å². The van der Waals surface area contributed by atoms with E-state index in [-0.39, 0.29) is 24.6 Å². The van der Waals surface area contributed by atoms with Gasteiger partial charge in [-0.2, -0.15) is 4.31 Å². The molecule has 1 saturated heterocycles. The van der Waals surface area contributed by atoms with Gasteiger partial charge in [0.05, 0.1) is 36.6 Å². The van der Waals surface area contributed by atoms with Crippen LogP contribution in [0.25, 0.3) is 0 Å². The zero-order valence-electron chi connectivity index (χ0n) is 20.1. The fourth-order valence-corrected chi connectivity index (χ4v) is 5.89. The van der Waals surface area contributed by atoms with Crippen molar-refractivity contribution < 1.29 is 31.1 Å². The van der Waals surface area contributed by atoms with Crippen LogP contribution < -0.4 is 14.4 Å². The maximum Gasteiger partial charge on any atom is 0.243 e. The Balaban J connectivity index is 1.52. The monoisotopic (exact) mass is 525 g/mol. The molecule has 12 heteroatoms. The van der Waals surface area contributed by atoms with E-state index in [0.717, 1.165) is 21.7 Å². The number of benzene rings is 2. The van der Waals surface area contributed by atoms with Gasteiger partial charge in [-0.25, -0.2) is 16.8 Å². The van der Waals surface area contributed by atoms with Gasteiger partial charge in [0.25, 0.3) is 0 Å². The van der Waals surface area contributed by atoms with Gasteiger partial charge in [0.15, 0.2) is 0 Å². The van der Waals surface area contributed by atoms with Crippen LogP contribution in [0, 0.1) is 13.8 Å². The average Bonchev–Trinajstić information content (AvgIpc) is 2.82. The highest BCUT2D eigenvalue weighted by atomic mass is 32.2. The molecule has 2 aromatic carbocycles. The first-order valence-electron chi connectivity index (χ1n) is 11.1. The number of aryl methyl sites for hydroxylation is 1. The lowest BCUT2D eigenvalue weighted by Gasteiger charge is -2.26. The number of morpholine rings is 1. The normalized spacial score (nSPS) is 14.9. The number of carbonyl (C=O) groups is 1. The Morgan fingerprint density at radius 2 is 1.71 bits per heavy atom. The molecule has 35 heavy (non-hydrogen) atoms. The molecular formula is C23H31N3O7S2. The van der Waals surface area contributed by atoms with Gasteiger partial charge in [-0.05, 0) is 55.3 Å². The van der Waals surface area contributed by atoms with Gasteiger partial charge < -0.3 is 14.8 Å². The van der Waals surface area contributed by atoms with Crippen LogP contribution in [0.15, 0.2) is 47.4 Å². The summed E-state index contributed by atoms with van der Waals surface area (Å²) in [5.74, 6) is -0.0137. The number of nitrogens with zero attached hydrogens (tertiary/aromatic N) is 2. The number of anilines is 1. The standard InChI is InChI=1S/C23H31N3O7S2/c1-18-5-4-6-22(19(18)2)26(34(3,28)29)17-23(27)24-11-14-33-20-7-9-21(10-8-20)35(30,31)25-12-15-32-16-13-25/h4-10H,11-17H2,1-3H3,(H,24,27). The number of hydrogen-bond donors (Lipinski definition) is 1. The van der Waals surface area contributed by atoms with E-state index >= 15 is 0 Å². The number of amides is 1. The SMILES string of the molecule is Cc1cccc(N(CC(=O)NCCOc2ccc(S(=O)(=O)N3CCOCC3)cc2)S(C)(=O)=O)c1C. The summed E-state index contributed by atoms with van der Waals surface area (Å²) in [6.45, 7) is 5.00. The third-order valence-corrected chi connectivity index (χ3v) is 8.70. The molecule has 1 aliphatic rings. The summed E-state index contributed by atoms with van der Waals surface area (Å²) in [4.78, 5) is 12.6. The minimum Gasteiger partial charge on any atom is -0.492 e. The van der Waals surface area contributed by atoms with Crippen molar-refractivity contribution in [2.24, 2.45) is 0 Å². The maximum atomic E-state index is 12.7. The average molecular weight is 526 g/mol. The van der Waals surface area contributed by atoms with E-state index in [0.29, 0.717) is 37.7 Å². The number of carbonyl (C=O) groups excluding carboxylic acids is 1. The van der Waals surface area contributed by atoms with Crippen molar-refractivity contribution in [3.8, 4) is 5.75 Å². The summed E-state index contributed by atoms with van der Waals surface area (Å²) >= 11 is 0. The van der Waals surface area contributed by atoms with Crippen LogP contribution in [0.2, 0.25) is 0 Å². The van der Waals surface area contributed by atoms with Crippen LogP contribution in [0.1, 0.15) is 11.1 Å². The summed E-state index contributed by atoms with van der Waals surface area (Å²) in [5, 5.41) is 2.65. The molecule has 0 saturated carbocycles. The first-order valence-corrected chi connectivity index (χ1v) is 14.4. The molecule has 10 nitrogen and oxygen atoms in total. The minimum atomic E-state index is -3.67. The van der Waals surface area contributed by atoms with Gasteiger partial charge in [-0.15, -0.1) is 0 Å². The highest BCUT2D eigenvalue weighted by molar-refractivity contribution is 7.92. The van der Waals surface area contributed by atoms with Crippen molar-refractivity contribution in [1.82, 2.24) is 9.62 Å². The van der Waals surface area contributed by atoms with Crippen LogP contribution in [-0.4, -0.2) is 79.3 Å². The van der Waals surface area contributed by atoms with E-state index in [4.69, 9.17) is 9.47 Å². The van der Waals surface area contributed by atoms with Gasteiger partial charge in [0, 0.05) is 13.1 Å². The van der Waals surface area contributed by atoms with E-state index in [1.807, 2.05) is 19.9 Å². The Labute approximate surface area is 206 Å². The topological polar surface area (TPSA) is 122 Å². The van der Waals surface area contributed by atoms with Crippen LogP contribution in [0.4, 0.5) is 5.69 Å². The van der Waals surface area contributed by atoms with E-state index in [1.54, 1.807) is 24.3 Å². The number of hydrogen-bond acceptors (Lipinski definition) is 7. The van der Waals surface area contributed by atoms with Crippen molar-refractivity contribution in [3.05, 3.63) is 53.6 Å². The van der Waals surface area contributed by atoms with Crippen LogP contribution >= 0.6 is 0 Å². The first-order chi connectivity index (χ1) is 16.5. The molecule has 1 amide bonds. The second-order valence-electron chi connectivity index (χ2n) is 8.17. The first kappa shape index (κ1) is 26.9. The Morgan fingerprint density at radius 1 is 1.06 bits per heavy atom. The third-order valence-electron chi connectivity index (χ3n) is 5.66. The molecule has 0 atom stereocenters. The molecule has 2 aromatic rings. The van der Waals surface area contributed by atoms with Gasteiger partial charge in [0.1, 0.15) is 18.9 Å². The summed E-state index contributed by atoms with van der Waals surface area (Å²) in [6, 6.07) is 11.4. The van der Waals surface area contributed by atoms with Gasteiger partial charge in [-0.1, -0.05) is 12.1 Å². The van der Waals surface area contributed by atoms with Crippen LogP contribution in [0.5, 0.6) is 5.75 Å². The molecular weight excluding hydrogens is 494 g/mol. The fourth-order valence-electron chi connectivity index (χ4n) is 3.58. The zero-order valence-corrected chi connectivity index (χ0v) is 21.7. The molecule has 0 unspecified atom stereocenters. The lowest BCUT2D eigenvalue weighted by atomic mass is 10.1. The minimum absolute atomic E-state index is 0.129. The molecule has 0 aliphatic carbocycles. The van der Waals surface area contributed by atoms with E-state index in [2.05, 4.69) is 5.32 Å². The molecule has 0 aromatic heterocycles. The van der Waals surface area contributed by atoms with Gasteiger partial charge in [-0.3, -0.25) is 9.10 Å². The fraction of sp³-hybridized carbons (Fsp3) is 0.435. The lowest BCUT2D eigenvalue weighted by molar-refractivity contribution is -0.119. The summed E-state index contributed by atoms with van der Waals surface area (Å²) in [5.41, 5.74) is 2.17. The van der Waals surface area contributed by atoms with Crippen LogP contribution in [-0.2, 0) is 29.6 Å². The van der Waals surface area contributed by atoms with Gasteiger partial charge in [0.2, 0.25) is 26.0 Å². The van der Waals surface area contributed by atoms with Crippen molar-refractivity contribution in [3.63, 3.8) is 0 Å². The molecule has 0 radical (unpaired) electrons. The Morgan fingerprint density at radius 3 is 2.34 bits per heavy atom. The largest absolute Gasteiger partial charge is 0.492 e. The smallest absolute Gasteiger partial charge is 0.243 e. The summed E-state index contributed by atoms with van der Waals surface area (Å²) < 4.78 is 63.2. The Hall–Kier alpha value is -2.67. The summed E-state index contributed by atoms with van der Waals surface area (Å²) in [7, 11) is -7.25. The molecule has 3 rings (SSSR count). The molecule has 0 bridgehead atoms. The Bertz CT molecular complexity index is 1240. The van der Waals surface area contributed by atoms with E-state index in [1.165, 1.54) is 16.4 Å². The molecule has 1 fully saturated rings. The third kappa shape index (κ3) is 6.94. The van der Waals surface area contributed by atoms with Gasteiger partial charge >= 0.3 is 0 Å². The number of nitrogens with one attached hydrogen (secondary N) is 1. The predicted octanol–water partition coefficient (Wildman–Crippen LogP) is 1.29. The number of ether oxygens (including phenoxy) is 2. The quantitative estimate of drug-likeness (QED) is 0.464. The number of sulfonamides is 2. The maximum absolute atomic E-state index is 12.7. The molecule has 1 heterocycles. The highest BCUT2D eigenvalue weighted by Crippen LogP contribution is 2.25.